The molecule has 2 rings (SSSR count). The number of hydrogen-bond donors (Lipinski definition) is 1. The summed E-state index contributed by atoms with van der Waals surface area (Å²) in [6.45, 7) is 3.45. The van der Waals surface area contributed by atoms with Gasteiger partial charge in [0, 0.05) is 36.8 Å². The predicted molar refractivity (Wildman–Crippen MR) is 67.3 cm³/mol. The molecule has 7 heteroatoms. The highest BCUT2D eigenvalue weighted by Gasteiger charge is 2.12. The SMILES string of the molecule is O=[N+]([O-])c1ccc(Cl)c(CNN2CCOCC2)c1. The highest BCUT2D eigenvalue weighted by Crippen LogP contribution is 2.21. The van der Waals surface area contributed by atoms with Crippen LogP contribution in [0.5, 0.6) is 0 Å². The van der Waals surface area contributed by atoms with E-state index < -0.39 is 4.92 Å². The number of hydrazine groups is 1. The Morgan fingerprint density at radius 2 is 2.17 bits per heavy atom. The second-order valence-electron chi connectivity index (χ2n) is 3.97. The quantitative estimate of drug-likeness (QED) is 0.665. The molecule has 1 aromatic rings. The van der Waals surface area contributed by atoms with Crippen molar-refractivity contribution in [1.29, 1.82) is 0 Å². The lowest BCUT2D eigenvalue weighted by Gasteiger charge is -2.27. The maximum absolute atomic E-state index is 10.7. The van der Waals surface area contributed by atoms with Crippen LogP contribution in [0.4, 0.5) is 5.69 Å². The number of morpholine rings is 1. The van der Waals surface area contributed by atoms with E-state index in [2.05, 4.69) is 5.43 Å². The number of nitrogens with zero attached hydrogens (tertiary/aromatic N) is 2. The minimum Gasteiger partial charge on any atom is -0.379 e. The summed E-state index contributed by atoms with van der Waals surface area (Å²) < 4.78 is 5.23. The number of nitrogens with one attached hydrogen (secondary N) is 1. The van der Waals surface area contributed by atoms with Gasteiger partial charge in [0.25, 0.3) is 5.69 Å². The number of hydrogen-bond acceptors (Lipinski definition) is 5. The molecule has 1 aromatic carbocycles. The average Bonchev–Trinajstić information content (AvgIpc) is 2.38. The van der Waals surface area contributed by atoms with Crippen molar-refractivity contribution in [2.24, 2.45) is 0 Å². The van der Waals surface area contributed by atoms with Crippen molar-refractivity contribution in [3.63, 3.8) is 0 Å². The molecule has 1 heterocycles. The Labute approximate surface area is 110 Å². The number of nitro groups is 1. The van der Waals surface area contributed by atoms with Gasteiger partial charge in [0.2, 0.25) is 0 Å². The van der Waals surface area contributed by atoms with Crippen molar-refractivity contribution < 1.29 is 9.66 Å². The number of ether oxygens (including phenoxy) is 1. The molecule has 1 aliphatic rings. The molecule has 0 aliphatic carbocycles. The van der Waals surface area contributed by atoms with E-state index in [0.717, 1.165) is 18.7 Å². The summed E-state index contributed by atoms with van der Waals surface area (Å²) in [6.07, 6.45) is 0. The van der Waals surface area contributed by atoms with Crippen LogP contribution in [0.1, 0.15) is 5.56 Å². The Morgan fingerprint density at radius 1 is 1.44 bits per heavy atom. The molecule has 1 N–H and O–H groups in total. The molecule has 0 spiro atoms. The molecule has 0 radical (unpaired) electrons. The molecule has 1 saturated heterocycles. The Kier molecular flexibility index (Phi) is 4.48. The van der Waals surface area contributed by atoms with Crippen LogP contribution in [0.2, 0.25) is 5.02 Å². The average molecular weight is 272 g/mol. The first-order valence-electron chi connectivity index (χ1n) is 5.66. The fourth-order valence-corrected chi connectivity index (χ4v) is 1.91. The largest absolute Gasteiger partial charge is 0.379 e. The van der Waals surface area contributed by atoms with Gasteiger partial charge in [-0.2, -0.15) is 0 Å². The van der Waals surface area contributed by atoms with Crippen molar-refractivity contribution >= 4 is 17.3 Å². The molecule has 1 fully saturated rings. The second kappa shape index (κ2) is 6.10. The molecule has 0 saturated carbocycles. The normalized spacial score (nSPS) is 16.7. The lowest BCUT2D eigenvalue weighted by Crippen LogP contribution is -2.45. The standard InChI is InChI=1S/C11H14ClN3O3/c12-11-2-1-10(15(16)17)7-9(11)8-13-14-3-5-18-6-4-14/h1-2,7,13H,3-6,8H2. The molecular weight excluding hydrogens is 258 g/mol. The van der Waals surface area contributed by atoms with E-state index in [1.807, 2.05) is 5.01 Å². The van der Waals surface area contributed by atoms with E-state index in [-0.39, 0.29) is 5.69 Å². The third kappa shape index (κ3) is 3.39. The third-order valence-corrected chi connectivity index (χ3v) is 3.11. The fourth-order valence-electron chi connectivity index (χ4n) is 1.73. The number of rotatable bonds is 4. The van der Waals surface area contributed by atoms with E-state index in [1.165, 1.54) is 12.1 Å². The van der Waals surface area contributed by atoms with Gasteiger partial charge in [-0.1, -0.05) is 11.6 Å². The molecular formula is C11H14ClN3O3. The number of nitro benzene ring substituents is 1. The second-order valence-corrected chi connectivity index (χ2v) is 4.37. The Balaban J connectivity index is 1.99. The van der Waals surface area contributed by atoms with Gasteiger partial charge in [0.05, 0.1) is 18.1 Å². The monoisotopic (exact) mass is 271 g/mol. The molecule has 0 aromatic heterocycles. The molecule has 0 amide bonds. The summed E-state index contributed by atoms with van der Waals surface area (Å²) in [7, 11) is 0. The van der Waals surface area contributed by atoms with Crippen LogP contribution in [-0.4, -0.2) is 36.2 Å². The van der Waals surface area contributed by atoms with Crippen molar-refractivity contribution in [3.8, 4) is 0 Å². The van der Waals surface area contributed by atoms with E-state index in [4.69, 9.17) is 16.3 Å². The number of non-ortho nitro benzene ring substituents is 1. The molecule has 98 valence electrons. The van der Waals surface area contributed by atoms with Gasteiger partial charge in [0.1, 0.15) is 0 Å². The fraction of sp³-hybridized carbons (Fsp3) is 0.455. The smallest absolute Gasteiger partial charge is 0.269 e. The van der Waals surface area contributed by atoms with Crippen molar-refractivity contribution in [1.82, 2.24) is 10.4 Å². The summed E-state index contributed by atoms with van der Waals surface area (Å²) in [4.78, 5) is 10.3. The van der Waals surface area contributed by atoms with Crippen LogP contribution in [0.15, 0.2) is 18.2 Å². The van der Waals surface area contributed by atoms with Crippen LogP contribution < -0.4 is 5.43 Å². The summed E-state index contributed by atoms with van der Waals surface area (Å²) in [5.74, 6) is 0. The van der Waals surface area contributed by atoms with Crippen molar-refractivity contribution in [3.05, 3.63) is 38.9 Å². The zero-order chi connectivity index (χ0) is 13.0. The number of halogens is 1. The summed E-state index contributed by atoms with van der Waals surface area (Å²) in [5, 5.41) is 13.2. The van der Waals surface area contributed by atoms with E-state index in [1.54, 1.807) is 6.07 Å². The summed E-state index contributed by atoms with van der Waals surface area (Å²) in [5.41, 5.74) is 3.96. The zero-order valence-corrected chi connectivity index (χ0v) is 10.5. The van der Waals surface area contributed by atoms with Crippen LogP contribution in [0, 0.1) is 10.1 Å². The lowest BCUT2D eigenvalue weighted by molar-refractivity contribution is -0.384. The molecule has 0 bridgehead atoms. The van der Waals surface area contributed by atoms with Gasteiger partial charge in [-0.25, -0.2) is 5.01 Å². The highest BCUT2D eigenvalue weighted by molar-refractivity contribution is 6.31. The Morgan fingerprint density at radius 3 is 2.83 bits per heavy atom. The van der Waals surface area contributed by atoms with E-state index >= 15 is 0 Å². The van der Waals surface area contributed by atoms with Crippen LogP contribution in [-0.2, 0) is 11.3 Å². The van der Waals surface area contributed by atoms with Gasteiger partial charge in [0.15, 0.2) is 0 Å². The predicted octanol–water partition coefficient (Wildman–Crippen LogP) is 1.58. The first kappa shape index (κ1) is 13.2. The summed E-state index contributed by atoms with van der Waals surface area (Å²) in [6, 6.07) is 4.45. The number of benzene rings is 1. The van der Waals surface area contributed by atoms with Gasteiger partial charge in [-0.15, -0.1) is 0 Å². The van der Waals surface area contributed by atoms with E-state index in [0.29, 0.717) is 24.8 Å². The minimum absolute atomic E-state index is 0.0539. The maximum Gasteiger partial charge on any atom is 0.269 e. The van der Waals surface area contributed by atoms with Crippen LogP contribution in [0.25, 0.3) is 0 Å². The zero-order valence-electron chi connectivity index (χ0n) is 9.76. The molecule has 0 atom stereocenters. The van der Waals surface area contributed by atoms with Crippen molar-refractivity contribution in [2.75, 3.05) is 26.3 Å². The highest BCUT2D eigenvalue weighted by atomic mass is 35.5. The third-order valence-electron chi connectivity index (χ3n) is 2.74. The molecule has 6 nitrogen and oxygen atoms in total. The van der Waals surface area contributed by atoms with Gasteiger partial charge < -0.3 is 4.74 Å². The minimum atomic E-state index is -0.422. The van der Waals surface area contributed by atoms with E-state index in [9.17, 15) is 10.1 Å². The molecule has 18 heavy (non-hydrogen) atoms. The van der Waals surface area contributed by atoms with Crippen LogP contribution in [0.3, 0.4) is 0 Å². The first-order valence-corrected chi connectivity index (χ1v) is 6.03. The van der Waals surface area contributed by atoms with Gasteiger partial charge in [-0.05, 0) is 11.6 Å². The van der Waals surface area contributed by atoms with Crippen molar-refractivity contribution in [2.45, 2.75) is 6.54 Å². The lowest BCUT2D eigenvalue weighted by atomic mass is 10.2. The topological polar surface area (TPSA) is 67.6 Å². The molecule has 0 unspecified atom stereocenters. The Hall–Kier alpha value is -1.21. The molecule has 1 aliphatic heterocycles. The summed E-state index contributed by atoms with van der Waals surface area (Å²) >= 11 is 6.01. The van der Waals surface area contributed by atoms with Gasteiger partial charge >= 0.3 is 0 Å². The maximum atomic E-state index is 10.7. The van der Waals surface area contributed by atoms with Gasteiger partial charge in [-0.3, -0.25) is 15.5 Å². The van der Waals surface area contributed by atoms with Crippen LogP contribution >= 0.6 is 11.6 Å². The Bertz CT molecular complexity index is 436. The first-order chi connectivity index (χ1) is 8.66.